The number of aromatic nitrogens is 1. The molecular formula is C10H19N3OS. The predicted molar refractivity (Wildman–Crippen MR) is 63.1 cm³/mol. The van der Waals surface area contributed by atoms with Crippen LogP contribution in [0, 0.1) is 0 Å². The van der Waals surface area contributed by atoms with Gasteiger partial charge in [0, 0.05) is 32.1 Å². The largest absolute Gasteiger partial charge is 0.383 e. The summed E-state index contributed by atoms with van der Waals surface area (Å²) in [6.07, 6.45) is 0. The van der Waals surface area contributed by atoms with Crippen LogP contribution >= 0.6 is 11.3 Å². The van der Waals surface area contributed by atoms with E-state index in [-0.39, 0.29) is 0 Å². The molecule has 0 spiro atoms. The molecule has 0 saturated heterocycles. The monoisotopic (exact) mass is 229 g/mol. The van der Waals surface area contributed by atoms with Crippen LogP contribution in [0.3, 0.4) is 0 Å². The highest BCUT2D eigenvalue weighted by molar-refractivity contribution is 7.09. The highest BCUT2D eigenvalue weighted by atomic mass is 32.1. The fraction of sp³-hybridized carbons (Fsp3) is 0.700. The third-order valence-electron chi connectivity index (χ3n) is 2.04. The van der Waals surface area contributed by atoms with E-state index in [0.29, 0.717) is 0 Å². The van der Waals surface area contributed by atoms with Gasteiger partial charge >= 0.3 is 0 Å². The summed E-state index contributed by atoms with van der Waals surface area (Å²) in [6.45, 7) is 3.45. The van der Waals surface area contributed by atoms with Crippen molar-refractivity contribution in [2.24, 2.45) is 0 Å². The second kappa shape index (κ2) is 6.90. The molecule has 1 aromatic rings. The first-order valence-corrected chi connectivity index (χ1v) is 5.89. The summed E-state index contributed by atoms with van der Waals surface area (Å²) in [6, 6.07) is 0. The van der Waals surface area contributed by atoms with Crippen LogP contribution in [0.4, 0.5) is 0 Å². The van der Waals surface area contributed by atoms with Crippen molar-refractivity contribution >= 4 is 11.3 Å². The normalized spacial score (nSPS) is 11.2. The van der Waals surface area contributed by atoms with Gasteiger partial charge in [-0.1, -0.05) is 0 Å². The van der Waals surface area contributed by atoms with Crippen LogP contribution in [0.25, 0.3) is 0 Å². The molecule has 1 heterocycles. The van der Waals surface area contributed by atoms with E-state index in [1.54, 1.807) is 18.4 Å². The quantitative estimate of drug-likeness (QED) is 0.755. The molecule has 0 radical (unpaired) electrons. The predicted octanol–water partition coefficient (Wildman–Crippen LogP) is 0.941. The second-order valence-electron chi connectivity index (χ2n) is 3.49. The summed E-state index contributed by atoms with van der Waals surface area (Å²) >= 11 is 1.71. The molecule has 1 rings (SSSR count). The van der Waals surface area contributed by atoms with Crippen molar-refractivity contribution in [3.8, 4) is 0 Å². The average molecular weight is 229 g/mol. The van der Waals surface area contributed by atoms with Gasteiger partial charge in [-0.05, 0) is 14.1 Å². The standard InChI is InChI=1S/C10H19N3OS/c1-11-6-10-12-9(8-15-10)7-13(2)4-5-14-3/h8,11H,4-7H2,1-3H3. The number of nitrogens with zero attached hydrogens (tertiary/aromatic N) is 2. The van der Waals surface area contributed by atoms with Crippen LogP contribution in [0.5, 0.6) is 0 Å². The van der Waals surface area contributed by atoms with Crippen molar-refractivity contribution in [3.63, 3.8) is 0 Å². The number of likely N-dealkylation sites (N-methyl/N-ethyl adjacent to an activating group) is 1. The summed E-state index contributed by atoms with van der Waals surface area (Å²) in [7, 11) is 5.74. The van der Waals surface area contributed by atoms with Gasteiger partial charge in [-0.3, -0.25) is 4.90 Å². The van der Waals surface area contributed by atoms with E-state index in [9.17, 15) is 0 Å². The highest BCUT2D eigenvalue weighted by Gasteiger charge is 2.04. The Morgan fingerprint density at radius 3 is 3.07 bits per heavy atom. The van der Waals surface area contributed by atoms with Gasteiger partial charge in [0.25, 0.3) is 0 Å². The number of nitrogens with one attached hydrogen (secondary N) is 1. The third kappa shape index (κ3) is 4.70. The molecule has 0 aromatic carbocycles. The zero-order valence-electron chi connectivity index (χ0n) is 9.62. The minimum atomic E-state index is 0.768. The minimum Gasteiger partial charge on any atom is -0.383 e. The van der Waals surface area contributed by atoms with Gasteiger partial charge in [0.2, 0.25) is 0 Å². The molecule has 5 heteroatoms. The van der Waals surface area contributed by atoms with Gasteiger partial charge < -0.3 is 10.1 Å². The van der Waals surface area contributed by atoms with E-state index in [1.807, 2.05) is 7.05 Å². The molecule has 4 nitrogen and oxygen atoms in total. The van der Waals surface area contributed by atoms with Crippen molar-refractivity contribution in [1.29, 1.82) is 0 Å². The maximum Gasteiger partial charge on any atom is 0.107 e. The zero-order valence-corrected chi connectivity index (χ0v) is 10.4. The second-order valence-corrected chi connectivity index (χ2v) is 4.44. The summed E-state index contributed by atoms with van der Waals surface area (Å²) in [5.41, 5.74) is 1.14. The van der Waals surface area contributed by atoms with Crippen LogP contribution in [0.1, 0.15) is 10.7 Å². The summed E-state index contributed by atoms with van der Waals surface area (Å²) < 4.78 is 5.02. The lowest BCUT2D eigenvalue weighted by molar-refractivity contribution is 0.158. The molecule has 86 valence electrons. The van der Waals surface area contributed by atoms with Crippen molar-refractivity contribution in [3.05, 3.63) is 16.1 Å². The SMILES string of the molecule is CNCc1nc(CN(C)CCOC)cs1. The van der Waals surface area contributed by atoms with Crippen LogP contribution in [-0.4, -0.2) is 44.2 Å². The van der Waals surface area contributed by atoms with Crippen molar-refractivity contribution in [1.82, 2.24) is 15.2 Å². The molecular weight excluding hydrogens is 210 g/mol. The molecule has 0 bridgehead atoms. The van der Waals surface area contributed by atoms with E-state index >= 15 is 0 Å². The Hall–Kier alpha value is -0.490. The number of rotatable bonds is 7. The van der Waals surface area contributed by atoms with Crippen LogP contribution in [0.15, 0.2) is 5.38 Å². The Morgan fingerprint density at radius 2 is 2.40 bits per heavy atom. The first kappa shape index (κ1) is 12.6. The molecule has 0 aliphatic heterocycles. The smallest absolute Gasteiger partial charge is 0.107 e. The zero-order chi connectivity index (χ0) is 11.1. The van der Waals surface area contributed by atoms with Crippen molar-refractivity contribution < 1.29 is 4.74 Å². The van der Waals surface area contributed by atoms with Crippen LogP contribution < -0.4 is 5.32 Å². The summed E-state index contributed by atoms with van der Waals surface area (Å²) in [5, 5.41) is 6.37. The Bertz CT molecular complexity index is 277. The first-order chi connectivity index (χ1) is 7.26. The first-order valence-electron chi connectivity index (χ1n) is 5.01. The lowest BCUT2D eigenvalue weighted by Gasteiger charge is -2.13. The summed E-state index contributed by atoms with van der Waals surface area (Å²) in [5.74, 6) is 0. The van der Waals surface area contributed by atoms with Gasteiger partial charge in [0.15, 0.2) is 0 Å². The van der Waals surface area contributed by atoms with E-state index in [1.165, 1.54) is 0 Å². The molecule has 0 saturated carbocycles. The van der Waals surface area contributed by atoms with Gasteiger partial charge in [0.05, 0.1) is 12.3 Å². The fourth-order valence-corrected chi connectivity index (χ4v) is 2.05. The molecule has 0 aliphatic carbocycles. The highest BCUT2D eigenvalue weighted by Crippen LogP contribution is 2.10. The van der Waals surface area contributed by atoms with Crippen molar-refractivity contribution in [2.75, 3.05) is 34.4 Å². The van der Waals surface area contributed by atoms with E-state index < -0.39 is 0 Å². The minimum absolute atomic E-state index is 0.768. The number of ether oxygens (including phenoxy) is 1. The topological polar surface area (TPSA) is 37.4 Å². The Labute approximate surface area is 95.3 Å². The van der Waals surface area contributed by atoms with E-state index in [2.05, 4.69) is 27.6 Å². The third-order valence-corrected chi connectivity index (χ3v) is 2.93. The fourth-order valence-electron chi connectivity index (χ4n) is 1.26. The van der Waals surface area contributed by atoms with Crippen LogP contribution in [0.2, 0.25) is 0 Å². The molecule has 1 aromatic heterocycles. The maximum absolute atomic E-state index is 5.02. The Morgan fingerprint density at radius 1 is 1.60 bits per heavy atom. The number of methoxy groups -OCH3 is 1. The van der Waals surface area contributed by atoms with Gasteiger partial charge in [0.1, 0.15) is 5.01 Å². The van der Waals surface area contributed by atoms with Gasteiger partial charge in [-0.15, -0.1) is 11.3 Å². The molecule has 1 N–H and O–H groups in total. The van der Waals surface area contributed by atoms with Crippen molar-refractivity contribution in [2.45, 2.75) is 13.1 Å². The molecule has 0 atom stereocenters. The van der Waals surface area contributed by atoms with E-state index in [4.69, 9.17) is 4.74 Å². The summed E-state index contributed by atoms with van der Waals surface area (Å²) in [4.78, 5) is 6.73. The molecule has 0 amide bonds. The van der Waals surface area contributed by atoms with Gasteiger partial charge in [-0.25, -0.2) is 4.98 Å². The lowest BCUT2D eigenvalue weighted by Crippen LogP contribution is -2.22. The number of hydrogen-bond acceptors (Lipinski definition) is 5. The molecule has 15 heavy (non-hydrogen) atoms. The molecule has 0 unspecified atom stereocenters. The van der Waals surface area contributed by atoms with Crippen LogP contribution in [-0.2, 0) is 17.8 Å². The van der Waals surface area contributed by atoms with E-state index in [0.717, 1.165) is 36.9 Å². The maximum atomic E-state index is 5.02. The Balaban J connectivity index is 2.35. The molecule has 0 fully saturated rings. The molecule has 0 aliphatic rings. The number of hydrogen-bond donors (Lipinski definition) is 1. The van der Waals surface area contributed by atoms with Gasteiger partial charge in [-0.2, -0.15) is 0 Å². The Kier molecular flexibility index (Phi) is 5.78. The number of thiazole rings is 1. The average Bonchev–Trinajstić information content (AvgIpc) is 2.63. The lowest BCUT2D eigenvalue weighted by atomic mass is 10.4.